The molecule has 14 heavy (non-hydrogen) atoms. The highest BCUT2D eigenvalue weighted by atomic mass is 16.5. The minimum atomic E-state index is 0.294. The van der Waals surface area contributed by atoms with Crippen LogP contribution in [-0.2, 0) is 4.74 Å². The fourth-order valence-corrected chi connectivity index (χ4v) is 1.50. The Morgan fingerprint density at radius 2 is 2.57 bits per heavy atom. The molecular formula is C9H14N4O. The molecule has 0 spiro atoms. The van der Waals surface area contributed by atoms with Gasteiger partial charge in [-0.3, -0.25) is 0 Å². The molecule has 3 N–H and O–H groups in total. The molecule has 0 amide bonds. The van der Waals surface area contributed by atoms with E-state index in [4.69, 9.17) is 10.5 Å². The third kappa shape index (κ3) is 2.32. The Bertz CT molecular complexity index is 299. The second kappa shape index (κ2) is 4.23. The van der Waals surface area contributed by atoms with Gasteiger partial charge in [-0.05, 0) is 18.9 Å². The molecule has 5 nitrogen and oxygen atoms in total. The lowest BCUT2D eigenvalue weighted by molar-refractivity contribution is 0.120. The number of hydrogen-bond acceptors (Lipinski definition) is 5. The Balaban J connectivity index is 1.85. The molecule has 0 radical (unpaired) electrons. The Kier molecular flexibility index (Phi) is 2.78. The quantitative estimate of drug-likeness (QED) is 0.739. The van der Waals surface area contributed by atoms with Gasteiger partial charge in [0, 0.05) is 19.3 Å². The summed E-state index contributed by atoms with van der Waals surface area (Å²) in [4.78, 5) is 7.85. The molecule has 1 unspecified atom stereocenters. The van der Waals surface area contributed by atoms with Gasteiger partial charge in [-0.25, -0.2) is 4.98 Å². The highest BCUT2D eigenvalue weighted by Gasteiger charge is 2.14. The number of nitrogens with zero attached hydrogens (tertiary/aromatic N) is 2. The van der Waals surface area contributed by atoms with Gasteiger partial charge in [-0.15, -0.1) is 0 Å². The van der Waals surface area contributed by atoms with Crippen LogP contribution in [0.3, 0.4) is 0 Å². The third-order valence-corrected chi connectivity index (χ3v) is 2.21. The molecule has 1 aromatic heterocycles. The number of hydrogen-bond donors (Lipinski definition) is 2. The normalized spacial score (nSPS) is 21.0. The fourth-order valence-electron chi connectivity index (χ4n) is 1.50. The van der Waals surface area contributed by atoms with Crippen molar-refractivity contribution in [2.45, 2.75) is 18.9 Å². The number of rotatable bonds is 3. The maximum Gasteiger partial charge on any atom is 0.221 e. The molecule has 0 bridgehead atoms. The Morgan fingerprint density at radius 1 is 1.64 bits per heavy atom. The van der Waals surface area contributed by atoms with Crippen molar-refractivity contribution in [3.63, 3.8) is 0 Å². The first-order valence-corrected chi connectivity index (χ1v) is 4.78. The van der Waals surface area contributed by atoms with Crippen LogP contribution in [0.25, 0.3) is 0 Å². The van der Waals surface area contributed by atoms with Gasteiger partial charge in [0.2, 0.25) is 5.95 Å². The number of aromatic nitrogens is 2. The Labute approximate surface area is 82.7 Å². The van der Waals surface area contributed by atoms with Crippen molar-refractivity contribution in [3.8, 4) is 0 Å². The molecule has 1 saturated heterocycles. The second-order valence-corrected chi connectivity index (χ2v) is 3.32. The molecule has 0 saturated carbocycles. The largest absolute Gasteiger partial charge is 0.376 e. The van der Waals surface area contributed by atoms with Crippen molar-refractivity contribution in [3.05, 3.63) is 12.3 Å². The van der Waals surface area contributed by atoms with Gasteiger partial charge in [0.25, 0.3) is 0 Å². The maximum absolute atomic E-state index is 5.47. The van der Waals surface area contributed by atoms with Crippen LogP contribution in [-0.4, -0.2) is 29.2 Å². The summed E-state index contributed by atoms with van der Waals surface area (Å²) >= 11 is 0. The summed E-state index contributed by atoms with van der Waals surface area (Å²) in [7, 11) is 0. The summed E-state index contributed by atoms with van der Waals surface area (Å²) in [6.45, 7) is 1.66. The van der Waals surface area contributed by atoms with Crippen LogP contribution in [0.4, 0.5) is 11.8 Å². The summed E-state index contributed by atoms with van der Waals surface area (Å²) in [5.41, 5.74) is 5.45. The van der Waals surface area contributed by atoms with Crippen LogP contribution >= 0.6 is 0 Å². The number of nitrogens with one attached hydrogen (secondary N) is 1. The summed E-state index contributed by atoms with van der Waals surface area (Å²) in [5.74, 6) is 1.05. The number of nitrogen functional groups attached to an aromatic ring is 1. The summed E-state index contributed by atoms with van der Waals surface area (Å²) in [6, 6.07) is 1.80. The molecule has 1 fully saturated rings. The van der Waals surface area contributed by atoms with Crippen LogP contribution in [0.5, 0.6) is 0 Å². The molecule has 2 heterocycles. The predicted molar refractivity (Wildman–Crippen MR) is 53.9 cm³/mol. The summed E-state index contributed by atoms with van der Waals surface area (Å²) in [6.07, 6.45) is 4.22. The van der Waals surface area contributed by atoms with Crippen molar-refractivity contribution in [2.24, 2.45) is 0 Å². The zero-order valence-electron chi connectivity index (χ0n) is 7.94. The van der Waals surface area contributed by atoms with E-state index in [1.807, 2.05) is 0 Å². The zero-order valence-corrected chi connectivity index (χ0v) is 7.94. The van der Waals surface area contributed by atoms with E-state index in [9.17, 15) is 0 Å². The van der Waals surface area contributed by atoms with Crippen LogP contribution in [0.2, 0.25) is 0 Å². The van der Waals surface area contributed by atoms with Crippen LogP contribution < -0.4 is 11.1 Å². The van der Waals surface area contributed by atoms with Gasteiger partial charge in [0.1, 0.15) is 5.82 Å². The lowest BCUT2D eigenvalue weighted by atomic mass is 10.2. The Hall–Kier alpha value is -1.36. The number of nitrogens with two attached hydrogens (primary N) is 1. The van der Waals surface area contributed by atoms with Gasteiger partial charge in [-0.1, -0.05) is 0 Å². The highest BCUT2D eigenvalue weighted by Crippen LogP contribution is 2.12. The van der Waals surface area contributed by atoms with E-state index in [-0.39, 0.29) is 0 Å². The highest BCUT2D eigenvalue weighted by molar-refractivity contribution is 5.37. The topological polar surface area (TPSA) is 73.1 Å². The molecular weight excluding hydrogens is 180 g/mol. The first-order chi connectivity index (χ1) is 6.84. The summed E-state index contributed by atoms with van der Waals surface area (Å²) < 4.78 is 5.47. The smallest absolute Gasteiger partial charge is 0.221 e. The molecule has 2 rings (SSSR count). The third-order valence-electron chi connectivity index (χ3n) is 2.21. The maximum atomic E-state index is 5.47. The van der Waals surface area contributed by atoms with Crippen molar-refractivity contribution in [1.82, 2.24) is 9.97 Å². The summed E-state index contributed by atoms with van der Waals surface area (Å²) in [5, 5.41) is 3.17. The lowest BCUT2D eigenvalue weighted by Gasteiger charge is -2.10. The van der Waals surface area contributed by atoms with Gasteiger partial charge >= 0.3 is 0 Å². The minimum Gasteiger partial charge on any atom is -0.376 e. The van der Waals surface area contributed by atoms with E-state index in [0.29, 0.717) is 12.1 Å². The second-order valence-electron chi connectivity index (χ2n) is 3.32. The van der Waals surface area contributed by atoms with E-state index in [1.165, 1.54) is 0 Å². The molecule has 5 heteroatoms. The Morgan fingerprint density at radius 3 is 3.29 bits per heavy atom. The van der Waals surface area contributed by atoms with Crippen LogP contribution in [0.1, 0.15) is 12.8 Å². The van der Waals surface area contributed by atoms with Crippen molar-refractivity contribution >= 4 is 11.8 Å². The van der Waals surface area contributed by atoms with Crippen LogP contribution in [0, 0.1) is 0 Å². The average Bonchev–Trinajstić information content (AvgIpc) is 2.67. The van der Waals surface area contributed by atoms with Gasteiger partial charge < -0.3 is 15.8 Å². The van der Waals surface area contributed by atoms with E-state index < -0.39 is 0 Å². The van der Waals surface area contributed by atoms with Gasteiger partial charge in [-0.2, -0.15) is 4.98 Å². The average molecular weight is 194 g/mol. The van der Waals surface area contributed by atoms with Gasteiger partial charge in [0.15, 0.2) is 0 Å². The molecule has 1 aromatic rings. The standard InChI is InChI=1S/C9H14N4O/c10-9-11-4-3-8(13-9)12-6-7-2-1-5-14-7/h3-4,7H,1-2,5-6H2,(H3,10,11,12,13). The van der Waals surface area contributed by atoms with E-state index in [2.05, 4.69) is 15.3 Å². The first kappa shape index (κ1) is 9.21. The van der Waals surface area contributed by atoms with Crippen LogP contribution in [0.15, 0.2) is 12.3 Å². The molecule has 1 aliphatic rings. The first-order valence-electron chi connectivity index (χ1n) is 4.78. The van der Waals surface area contributed by atoms with Crippen molar-refractivity contribution in [2.75, 3.05) is 24.2 Å². The number of anilines is 2. The van der Waals surface area contributed by atoms with Crippen molar-refractivity contribution in [1.29, 1.82) is 0 Å². The molecule has 1 atom stereocenters. The van der Waals surface area contributed by atoms with Gasteiger partial charge in [0.05, 0.1) is 6.10 Å². The minimum absolute atomic E-state index is 0.294. The lowest BCUT2D eigenvalue weighted by Crippen LogP contribution is -2.19. The monoisotopic (exact) mass is 194 g/mol. The predicted octanol–water partition coefficient (Wildman–Crippen LogP) is 0.650. The molecule has 0 aliphatic carbocycles. The zero-order chi connectivity index (χ0) is 9.80. The van der Waals surface area contributed by atoms with E-state index in [0.717, 1.165) is 31.8 Å². The van der Waals surface area contributed by atoms with E-state index >= 15 is 0 Å². The van der Waals surface area contributed by atoms with E-state index in [1.54, 1.807) is 12.3 Å². The molecule has 76 valence electrons. The fraction of sp³-hybridized carbons (Fsp3) is 0.556. The molecule has 1 aliphatic heterocycles. The molecule has 0 aromatic carbocycles. The number of ether oxygens (including phenoxy) is 1. The SMILES string of the molecule is Nc1nccc(NCC2CCCO2)n1. The van der Waals surface area contributed by atoms with Crippen molar-refractivity contribution < 1.29 is 4.74 Å².